The summed E-state index contributed by atoms with van der Waals surface area (Å²) in [5.41, 5.74) is 0.455. The summed E-state index contributed by atoms with van der Waals surface area (Å²) in [5.74, 6) is -2.48. The van der Waals surface area contributed by atoms with Crippen molar-refractivity contribution in [3.05, 3.63) is 42.4 Å². The lowest BCUT2D eigenvalue weighted by molar-refractivity contribution is -0.192. The predicted molar refractivity (Wildman–Crippen MR) is 107 cm³/mol. The average molecular weight is 490 g/mol. The fourth-order valence-corrected chi connectivity index (χ4v) is 6.22. The first kappa shape index (κ1) is 24.5. The highest BCUT2D eigenvalue weighted by molar-refractivity contribution is 7.93. The van der Waals surface area contributed by atoms with Crippen LogP contribution in [0, 0.1) is 5.92 Å². The molecule has 2 aromatic rings. The number of carbonyl (C=O) groups excluding carboxylic acids is 1. The van der Waals surface area contributed by atoms with Crippen LogP contribution in [0.1, 0.15) is 16.9 Å². The van der Waals surface area contributed by atoms with Gasteiger partial charge in [0.1, 0.15) is 10.4 Å². The maximum absolute atomic E-state index is 12.7. The average Bonchev–Trinajstić information content (AvgIpc) is 3.25. The van der Waals surface area contributed by atoms with E-state index in [1.165, 1.54) is 4.68 Å². The number of nitrogens with zero attached hydrogens (tertiary/aromatic N) is 4. The molecule has 4 rings (SSSR count). The van der Waals surface area contributed by atoms with Crippen LogP contribution in [0.25, 0.3) is 0 Å². The number of carbonyl (C=O) groups is 2. The van der Waals surface area contributed by atoms with Gasteiger partial charge in [0.25, 0.3) is 5.91 Å². The van der Waals surface area contributed by atoms with E-state index in [9.17, 15) is 26.4 Å². The smallest absolute Gasteiger partial charge is 0.477 e. The molecule has 1 atom stereocenters. The van der Waals surface area contributed by atoms with Crippen LogP contribution >= 0.6 is 0 Å². The van der Waals surface area contributed by atoms with Crippen molar-refractivity contribution >= 4 is 21.7 Å². The minimum atomic E-state index is -5.08. The molecular formula is C19H21F3N4O6S. The van der Waals surface area contributed by atoms with Gasteiger partial charge in [-0.15, -0.1) is 0 Å². The third-order valence-electron chi connectivity index (χ3n) is 5.66. The van der Waals surface area contributed by atoms with Crippen LogP contribution in [0.5, 0.6) is 5.88 Å². The Balaban J connectivity index is 0.000000383. The van der Waals surface area contributed by atoms with E-state index in [0.717, 1.165) is 0 Å². The minimum Gasteiger partial charge on any atom is -0.477 e. The molecule has 33 heavy (non-hydrogen) atoms. The highest BCUT2D eigenvalue weighted by Gasteiger charge is 2.62. The molecule has 0 radical (unpaired) electrons. The van der Waals surface area contributed by atoms with Crippen molar-refractivity contribution in [1.29, 1.82) is 0 Å². The fraction of sp³-hybridized carbons (Fsp3) is 0.474. The summed E-state index contributed by atoms with van der Waals surface area (Å²) in [6.07, 6.45) is -1.35. The Bertz CT molecular complexity index is 1110. The molecule has 1 amide bonds. The van der Waals surface area contributed by atoms with E-state index in [1.807, 2.05) is 6.07 Å². The number of hydrogen-bond donors (Lipinski definition) is 1. The lowest BCUT2D eigenvalue weighted by atomic mass is 9.83. The summed E-state index contributed by atoms with van der Waals surface area (Å²) >= 11 is 0. The number of hydrogen-bond acceptors (Lipinski definition) is 7. The van der Waals surface area contributed by atoms with Crippen molar-refractivity contribution < 1.29 is 41.0 Å². The molecule has 1 spiro atoms. The van der Waals surface area contributed by atoms with E-state index in [1.54, 1.807) is 42.5 Å². The van der Waals surface area contributed by atoms with Gasteiger partial charge in [-0.05, 0) is 18.6 Å². The third-order valence-corrected chi connectivity index (χ3v) is 8.26. The minimum absolute atomic E-state index is 0.136. The lowest BCUT2D eigenvalue weighted by Gasteiger charge is -2.49. The van der Waals surface area contributed by atoms with Crippen LogP contribution in [0.15, 0.2) is 36.7 Å². The maximum Gasteiger partial charge on any atom is 0.490 e. The number of ether oxygens (including phenoxy) is 1. The number of likely N-dealkylation sites (tertiary alicyclic amines) is 1. The van der Waals surface area contributed by atoms with Crippen molar-refractivity contribution in [3.63, 3.8) is 0 Å². The van der Waals surface area contributed by atoms with Gasteiger partial charge in [0.05, 0.1) is 12.4 Å². The number of sulfone groups is 1. The summed E-state index contributed by atoms with van der Waals surface area (Å²) in [4.78, 5) is 27.2. The van der Waals surface area contributed by atoms with Crippen molar-refractivity contribution in [2.24, 2.45) is 13.0 Å². The third kappa shape index (κ3) is 4.94. The number of aryl methyl sites for hydroxylation is 1. The van der Waals surface area contributed by atoms with Crippen LogP contribution in [0.3, 0.4) is 0 Å². The number of alkyl halides is 3. The van der Waals surface area contributed by atoms with E-state index < -0.39 is 26.7 Å². The SMILES string of the molecule is Cn1nccc1C(=O)N1CC2(C1)C(COc1ccccn1)CCS2(=O)=O.O=C(O)C(F)(F)F. The first-order chi connectivity index (χ1) is 15.4. The summed E-state index contributed by atoms with van der Waals surface area (Å²) in [5, 5.41) is 11.1. The van der Waals surface area contributed by atoms with E-state index in [4.69, 9.17) is 14.6 Å². The Labute approximate surface area is 186 Å². The van der Waals surface area contributed by atoms with Crippen LogP contribution in [-0.4, -0.2) is 81.4 Å². The van der Waals surface area contributed by atoms with Crippen LogP contribution in [0.4, 0.5) is 13.2 Å². The van der Waals surface area contributed by atoms with Crippen molar-refractivity contribution in [2.75, 3.05) is 25.4 Å². The second kappa shape index (κ2) is 9.00. The summed E-state index contributed by atoms with van der Waals surface area (Å²) in [6.45, 7) is 0.690. The molecule has 10 nitrogen and oxygen atoms in total. The van der Waals surface area contributed by atoms with E-state index in [0.29, 0.717) is 18.0 Å². The maximum atomic E-state index is 12.7. The Morgan fingerprint density at radius 3 is 2.42 bits per heavy atom. The largest absolute Gasteiger partial charge is 0.490 e. The van der Waals surface area contributed by atoms with Crippen LogP contribution in [0.2, 0.25) is 0 Å². The Morgan fingerprint density at radius 1 is 1.24 bits per heavy atom. The van der Waals surface area contributed by atoms with Gasteiger partial charge in [0, 0.05) is 44.5 Å². The summed E-state index contributed by atoms with van der Waals surface area (Å²) < 4.78 is 63.4. The second-order valence-electron chi connectivity index (χ2n) is 7.65. The number of amides is 1. The Hall–Kier alpha value is -3.16. The quantitative estimate of drug-likeness (QED) is 0.675. The number of aliphatic carboxylic acids is 1. The molecule has 1 unspecified atom stereocenters. The highest BCUT2D eigenvalue weighted by Crippen LogP contribution is 2.45. The number of carboxylic acids is 1. The number of halogens is 3. The molecule has 0 aromatic carbocycles. The van der Waals surface area contributed by atoms with Gasteiger partial charge in [-0.2, -0.15) is 18.3 Å². The zero-order chi connectivity index (χ0) is 24.4. The molecule has 0 aliphatic carbocycles. The van der Waals surface area contributed by atoms with Gasteiger partial charge in [0.2, 0.25) is 5.88 Å². The Morgan fingerprint density at radius 2 is 1.91 bits per heavy atom. The topological polar surface area (TPSA) is 132 Å². The number of pyridine rings is 1. The fourth-order valence-electron chi connectivity index (χ4n) is 3.82. The lowest BCUT2D eigenvalue weighted by Crippen LogP contribution is -2.69. The van der Waals surface area contributed by atoms with Crippen molar-refractivity contribution in [2.45, 2.75) is 17.3 Å². The molecule has 4 heterocycles. The molecule has 2 aromatic heterocycles. The second-order valence-corrected chi connectivity index (χ2v) is 10.1. The van der Waals surface area contributed by atoms with Gasteiger partial charge in [0.15, 0.2) is 9.84 Å². The number of rotatable bonds is 4. The molecule has 1 N–H and O–H groups in total. The first-order valence-corrected chi connectivity index (χ1v) is 11.4. The number of aromatic nitrogens is 3. The van der Waals surface area contributed by atoms with Crippen LogP contribution < -0.4 is 4.74 Å². The molecule has 0 saturated carbocycles. The molecule has 0 bridgehead atoms. The number of carboxylic acid groups (broad SMARTS) is 1. The van der Waals surface area contributed by atoms with Gasteiger partial charge in [-0.3, -0.25) is 9.48 Å². The summed E-state index contributed by atoms with van der Waals surface area (Å²) in [6, 6.07) is 7.00. The zero-order valence-corrected chi connectivity index (χ0v) is 18.2. The normalized spacial score (nSPS) is 20.5. The predicted octanol–water partition coefficient (Wildman–Crippen LogP) is 1.16. The molecule has 180 valence electrons. The molecule has 2 aliphatic rings. The van der Waals surface area contributed by atoms with Gasteiger partial charge in [-0.25, -0.2) is 18.2 Å². The molecule has 2 aliphatic heterocycles. The molecular weight excluding hydrogens is 469 g/mol. The monoisotopic (exact) mass is 490 g/mol. The van der Waals surface area contributed by atoms with Gasteiger partial charge in [-0.1, -0.05) is 6.07 Å². The van der Waals surface area contributed by atoms with Gasteiger partial charge >= 0.3 is 12.1 Å². The molecule has 2 fully saturated rings. The van der Waals surface area contributed by atoms with Crippen LogP contribution in [-0.2, 0) is 21.7 Å². The Kier molecular flexibility index (Phi) is 6.68. The standard InChI is InChI=1S/C17H20N4O4S.C2HF3O2/c1-20-14(5-8-19-20)16(22)21-11-17(12-21)13(6-9-26(17,23)24)10-25-15-4-2-3-7-18-15;3-2(4,5)1(6)7/h2-5,7-8,13H,6,9-12H2,1H3;(H,6,7). The molecule has 14 heteroatoms. The van der Waals surface area contributed by atoms with Gasteiger partial charge < -0.3 is 14.7 Å². The van der Waals surface area contributed by atoms with Crippen molar-refractivity contribution in [1.82, 2.24) is 19.7 Å². The zero-order valence-electron chi connectivity index (χ0n) is 17.4. The molecule has 2 saturated heterocycles. The first-order valence-electron chi connectivity index (χ1n) is 9.71. The van der Waals surface area contributed by atoms with E-state index >= 15 is 0 Å². The van der Waals surface area contributed by atoms with E-state index in [-0.39, 0.29) is 37.3 Å². The highest BCUT2D eigenvalue weighted by atomic mass is 32.2. The van der Waals surface area contributed by atoms with E-state index in [2.05, 4.69) is 10.1 Å². The summed E-state index contributed by atoms with van der Waals surface area (Å²) in [7, 11) is -1.57. The van der Waals surface area contributed by atoms with Crippen molar-refractivity contribution in [3.8, 4) is 5.88 Å².